The topological polar surface area (TPSA) is 84.3 Å². The summed E-state index contributed by atoms with van der Waals surface area (Å²) in [4.78, 5) is 21.9. The molecule has 144 valence electrons. The van der Waals surface area contributed by atoms with E-state index in [9.17, 15) is 28.1 Å². The minimum Gasteiger partial charge on any atom is -0.378 e. The van der Waals surface area contributed by atoms with Gasteiger partial charge in [0.1, 0.15) is 5.69 Å². The van der Waals surface area contributed by atoms with Crippen LogP contribution in [-0.4, -0.2) is 34.9 Å². The lowest BCUT2D eigenvalue weighted by atomic mass is 10.1. The Morgan fingerprint density at radius 3 is 2.58 bits per heavy atom. The van der Waals surface area contributed by atoms with Crippen LogP contribution >= 0.6 is 11.8 Å². The van der Waals surface area contributed by atoms with Gasteiger partial charge in [-0.25, -0.2) is 0 Å². The highest BCUT2D eigenvalue weighted by Gasteiger charge is 2.33. The number of anilines is 1. The van der Waals surface area contributed by atoms with E-state index in [0.29, 0.717) is 17.1 Å². The first kappa shape index (κ1) is 20.3. The molecule has 0 heterocycles. The van der Waals surface area contributed by atoms with Gasteiger partial charge in [0, 0.05) is 24.4 Å². The number of rotatable bonds is 8. The molecule has 1 aromatic rings. The van der Waals surface area contributed by atoms with E-state index < -0.39 is 22.4 Å². The van der Waals surface area contributed by atoms with Gasteiger partial charge in [-0.15, -0.1) is 11.8 Å². The van der Waals surface area contributed by atoms with Gasteiger partial charge in [0.05, 0.1) is 16.2 Å². The third-order valence-electron chi connectivity index (χ3n) is 4.04. The van der Waals surface area contributed by atoms with Crippen molar-refractivity contribution in [2.45, 2.75) is 37.1 Å². The molecule has 0 spiro atoms. The average molecular weight is 391 g/mol. The molecule has 1 aromatic carbocycles. The van der Waals surface area contributed by atoms with Crippen molar-refractivity contribution in [2.24, 2.45) is 0 Å². The van der Waals surface area contributed by atoms with Crippen LogP contribution in [0.3, 0.4) is 0 Å². The Morgan fingerprint density at radius 1 is 1.27 bits per heavy atom. The van der Waals surface area contributed by atoms with Crippen molar-refractivity contribution in [2.75, 3.05) is 24.2 Å². The van der Waals surface area contributed by atoms with Crippen LogP contribution in [0.25, 0.3) is 0 Å². The second-order valence-corrected chi connectivity index (χ2v) is 7.27. The molecule has 2 rings (SSSR count). The Kier molecular flexibility index (Phi) is 7.13. The van der Waals surface area contributed by atoms with E-state index in [1.165, 1.54) is 12.8 Å². The van der Waals surface area contributed by atoms with Gasteiger partial charge in [-0.3, -0.25) is 14.9 Å². The minimum atomic E-state index is -4.64. The number of nitro benzene ring substituents is 1. The third kappa shape index (κ3) is 6.08. The first-order valence-electron chi connectivity index (χ1n) is 8.25. The van der Waals surface area contributed by atoms with Crippen LogP contribution in [0, 0.1) is 10.1 Å². The molecule has 1 amide bonds. The van der Waals surface area contributed by atoms with Crippen LogP contribution in [0.15, 0.2) is 18.2 Å². The zero-order valence-corrected chi connectivity index (χ0v) is 14.8. The highest BCUT2D eigenvalue weighted by Crippen LogP contribution is 2.34. The summed E-state index contributed by atoms with van der Waals surface area (Å²) in [5, 5.41) is 16.9. The second-order valence-electron chi connectivity index (χ2n) is 5.98. The van der Waals surface area contributed by atoms with E-state index in [4.69, 9.17) is 0 Å². The van der Waals surface area contributed by atoms with E-state index in [1.807, 2.05) is 0 Å². The zero-order chi connectivity index (χ0) is 19.2. The summed E-state index contributed by atoms with van der Waals surface area (Å²) >= 11 is 1.63. The number of hydrogen-bond donors (Lipinski definition) is 2. The van der Waals surface area contributed by atoms with Crippen LogP contribution in [0.4, 0.5) is 24.5 Å². The first-order valence-corrected chi connectivity index (χ1v) is 9.30. The second kappa shape index (κ2) is 9.11. The molecule has 0 aromatic heterocycles. The van der Waals surface area contributed by atoms with Gasteiger partial charge in [-0.1, -0.05) is 12.8 Å². The number of carbonyl (C=O) groups is 1. The quantitative estimate of drug-likeness (QED) is 0.400. The molecule has 10 heteroatoms. The predicted molar refractivity (Wildman–Crippen MR) is 94.3 cm³/mol. The van der Waals surface area contributed by atoms with E-state index in [2.05, 4.69) is 10.6 Å². The number of nitro groups is 1. The fourth-order valence-corrected chi connectivity index (χ4v) is 3.86. The standard InChI is InChI=1S/C16H20F3N3O3S/c17-16(18,19)11-5-6-13(14(9-11)22(24)25)20-7-8-21-15(23)10-26-12-3-1-2-4-12/h5-6,9,12,20H,1-4,7-8,10H2,(H,21,23). The summed E-state index contributed by atoms with van der Waals surface area (Å²) in [6, 6.07) is 2.31. The molecule has 0 radical (unpaired) electrons. The van der Waals surface area contributed by atoms with Gasteiger partial charge in [-0.05, 0) is 25.0 Å². The van der Waals surface area contributed by atoms with Crippen molar-refractivity contribution >= 4 is 29.0 Å². The molecule has 2 N–H and O–H groups in total. The predicted octanol–water partition coefficient (Wildman–Crippen LogP) is 3.82. The van der Waals surface area contributed by atoms with Gasteiger partial charge in [0.25, 0.3) is 5.69 Å². The molecule has 0 atom stereocenters. The zero-order valence-electron chi connectivity index (χ0n) is 14.0. The molecular weight excluding hydrogens is 371 g/mol. The van der Waals surface area contributed by atoms with Gasteiger partial charge >= 0.3 is 6.18 Å². The maximum atomic E-state index is 12.7. The van der Waals surface area contributed by atoms with Crippen molar-refractivity contribution in [3.8, 4) is 0 Å². The first-order chi connectivity index (χ1) is 12.3. The summed E-state index contributed by atoms with van der Waals surface area (Å²) in [6.45, 7) is 0.397. The SMILES string of the molecule is O=C(CSC1CCCC1)NCCNc1ccc(C(F)(F)F)cc1[N+](=O)[O-]. The van der Waals surface area contributed by atoms with Crippen LogP contribution in [0.1, 0.15) is 31.2 Å². The summed E-state index contributed by atoms with van der Waals surface area (Å²) in [5.74, 6) is 0.246. The van der Waals surface area contributed by atoms with Crippen LogP contribution in [-0.2, 0) is 11.0 Å². The molecular formula is C16H20F3N3O3S. The Labute approximate surface area is 153 Å². The van der Waals surface area contributed by atoms with E-state index >= 15 is 0 Å². The fourth-order valence-electron chi connectivity index (χ4n) is 2.71. The average Bonchev–Trinajstić information content (AvgIpc) is 3.09. The van der Waals surface area contributed by atoms with Gasteiger partial charge in [0.2, 0.25) is 5.91 Å². The molecule has 1 aliphatic rings. The lowest BCUT2D eigenvalue weighted by molar-refractivity contribution is -0.384. The lowest BCUT2D eigenvalue weighted by Gasteiger charge is -2.12. The molecule has 1 saturated carbocycles. The van der Waals surface area contributed by atoms with Crippen molar-refractivity contribution in [3.63, 3.8) is 0 Å². The normalized spacial score (nSPS) is 15.0. The van der Waals surface area contributed by atoms with Gasteiger partial charge in [0.15, 0.2) is 0 Å². The monoisotopic (exact) mass is 391 g/mol. The number of amides is 1. The highest BCUT2D eigenvalue weighted by molar-refractivity contribution is 8.00. The largest absolute Gasteiger partial charge is 0.416 e. The third-order valence-corrected chi connectivity index (χ3v) is 5.41. The van der Waals surface area contributed by atoms with Crippen molar-refractivity contribution in [1.82, 2.24) is 5.32 Å². The molecule has 0 aliphatic heterocycles. The Bertz CT molecular complexity index is 649. The molecule has 0 bridgehead atoms. The number of carbonyl (C=O) groups excluding carboxylic acids is 1. The Hall–Kier alpha value is -1.97. The van der Waals surface area contributed by atoms with Crippen LogP contribution in [0.5, 0.6) is 0 Å². The number of halogens is 3. The molecule has 0 saturated heterocycles. The van der Waals surface area contributed by atoms with Gasteiger partial charge in [-0.2, -0.15) is 13.2 Å². The number of nitrogens with one attached hydrogen (secondary N) is 2. The van der Waals surface area contributed by atoms with E-state index in [-0.39, 0.29) is 24.7 Å². The van der Waals surface area contributed by atoms with Crippen molar-refractivity contribution in [3.05, 3.63) is 33.9 Å². The number of nitrogens with zero attached hydrogens (tertiary/aromatic N) is 1. The summed E-state index contributed by atoms with van der Waals surface area (Å²) < 4.78 is 38.0. The van der Waals surface area contributed by atoms with E-state index in [0.717, 1.165) is 25.0 Å². The number of thioether (sulfide) groups is 1. The summed E-state index contributed by atoms with van der Waals surface area (Å²) in [5.41, 5.74) is -1.74. The van der Waals surface area contributed by atoms with Crippen LogP contribution < -0.4 is 10.6 Å². The van der Waals surface area contributed by atoms with Crippen LogP contribution in [0.2, 0.25) is 0 Å². The Morgan fingerprint density at radius 2 is 1.96 bits per heavy atom. The Balaban J connectivity index is 1.79. The molecule has 1 aliphatic carbocycles. The molecule has 1 fully saturated rings. The van der Waals surface area contributed by atoms with Crippen molar-refractivity contribution in [1.29, 1.82) is 0 Å². The number of alkyl halides is 3. The minimum absolute atomic E-state index is 0.0161. The smallest absolute Gasteiger partial charge is 0.378 e. The highest BCUT2D eigenvalue weighted by atomic mass is 32.2. The maximum Gasteiger partial charge on any atom is 0.416 e. The number of benzene rings is 1. The fraction of sp³-hybridized carbons (Fsp3) is 0.562. The molecule has 6 nitrogen and oxygen atoms in total. The summed E-state index contributed by atoms with van der Waals surface area (Å²) in [6.07, 6.45) is 0.0344. The van der Waals surface area contributed by atoms with E-state index in [1.54, 1.807) is 11.8 Å². The lowest BCUT2D eigenvalue weighted by Crippen LogP contribution is -2.30. The molecule has 26 heavy (non-hydrogen) atoms. The van der Waals surface area contributed by atoms with Gasteiger partial charge < -0.3 is 10.6 Å². The summed E-state index contributed by atoms with van der Waals surface area (Å²) in [7, 11) is 0. The maximum absolute atomic E-state index is 12.7. The molecule has 0 unspecified atom stereocenters. The van der Waals surface area contributed by atoms with Crippen molar-refractivity contribution < 1.29 is 22.9 Å². The number of hydrogen-bond acceptors (Lipinski definition) is 5.